The fraction of sp³-hybridized carbons (Fsp3) is 0.583. The van der Waals surface area contributed by atoms with E-state index >= 15 is 0 Å². The van der Waals surface area contributed by atoms with Crippen LogP contribution >= 0.6 is 0 Å². The Labute approximate surface area is 100 Å². The summed E-state index contributed by atoms with van der Waals surface area (Å²) in [6, 6.07) is 3.59. The van der Waals surface area contributed by atoms with Crippen molar-refractivity contribution in [1.29, 1.82) is 0 Å². The summed E-state index contributed by atoms with van der Waals surface area (Å²) in [5.74, 6) is 0.235. The van der Waals surface area contributed by atoms with Crippen LogP contribution in [0, 0.1) is 5.92 Å². The lowest BCUT2D eigenvalue weighted by Gasteiger charge is -2.31. The largest absolute Gasteiger partial charge is 0.464 e. The monoisotopic (exact) mass is 238 g/mol. The van der Waals surface area contributed by atoms with Gasteiger partial charge in [0.05, 0.1) is 13.2 Å². The van der Waals surface area contributed by atoms with Gasteiger partial charge in [-0.2, -0.15) is 0 Å². The highest BCUT2D eigenvalue weighted by atomic mass is 16.5. The first-order chi connectivity index (χ1) is 8.19. The SMILES string of the molecule is COC(=O)c1ccc(CNCC2CC(O)C2)[nH]1. The molecule has 2 rings (SSSR count). The van der Waals surface area contributed by atoms with Gasteiger partial charge in [0.2, 0.25) is 0 Å². The number of methoxy groups -OCH3 is 1. The van der Waals surface area contributed by atoms with Crippen LogP contribution in [0.3, 0.4) is 0 Å². The van der Waals surface area contributed by atoms with Gasteiger partial charge in [0.15, 0.2) is 0 Å². The van der Waals surface area contributed by atoms with Crippen molar-refractivity contribution < 1.29 is 14.6 Å². The van der Waals surface area contributed by atoms with Gasteiger partial charge in [-0.05, 0) is 37.4 Å². The summed E-state index contributed by atoms with van der Waals surface area (Å²) >= 11 is 0. The number of aliphatic hydroxyl groups excluding tert-OH is 1. The number of carbonyl (C=O) groups excluding carboxylic acids is 1. The Kier molecular flexibility index (Phi) is 3.81. The molecule has 0 spiro atoms. The molecule has 0 aromatic carbocycles. The molecule has 1 aliphatic carbocycles. The Morgan fingerprint density at radius 3 is 3.00 bits per heavy atom. The minimum Gasteiger partial charge on any atom is -0.464 e. The number of ether oxygens (including phenoxy) is 1. The average molecular weight is 238 g/mol. The lowest BCUT2D eigenvalue weighted by molar-refractivity contribution is 0.0429. The summed E-state index contributed by atoms with van der Waals surface area (Å²) in [5.41, 5.74) is 1.44. The molecular weight excluding hydrogens is 220 g/mol. The third kappa shape index (κ3) is 3.08. The fourth-order valence-electron chi connectivity index (χ4n) is 2.05. The van der Waals surface area contributed by atoms with Crippen LogP contribution in [0.25, 0.3) is 0 Å². The van der Waals surface area contributed by atoms with Gasteiger partial charge in [0.25, 0.3) is 0 Å². The van der Waals surface area contributed by atoms with E-state index < -0.39 is 0 Å². The van der Waals surface area contributed by atoms with E-state index in [0.29, 0.717) is 18.2 Å². The zero-order valence-corrected chi connectivity index (χ0v) is 9.90. The van der Waals surface area contributed by atoms with E-state index in [9.17, 15) is 4.79 Å². The normalized spacial score (nSPS) is 23.2. The molecule has 0 saturated heterocycles. The third-order valence-corrected chi connectivity index (χ3v) is 3.11. The number of hydrogen-bond acceptors (Lipinski definition) is 4. The van der Waals surface area contributed by atoms with E-state index in [1.54, 1.807) is 6.07 Å². The van der Waals surface area contributed by atoms with Gasteiger partial charge in [0.1, 0.15) is 5.69 Å². The number of hydrogen-bond donors (Lipinski definition) is 3. The second kappa shape index (κ2) is 5.33. The van der Waals surface area contributed by atoms with Crippen molar-refractivity contribution in [3.63, 3.8) is 0 Å². The maximum atomic E-state index is 11.2. The van der Waals surface area contributed by atoms with Crippen molar-refractivity contribution in [3.8, 4) is 0 Å². The van der Waals surface area contributed by atoms with Crippen molar-refractivity contribution in [3.05, 3.63) is 23.5 Å². The minimum atomic E-state index is -0.349. The summed E-state index contributed by atoms with van der Waals surface area (Å²) < 4.78 is 4.61. The van der Waals surface area contributed by atoms with Crippen LogP contribution in [0.15, 0.2) is 12.1 Å². The summed E-state index contributed by atoms with van der Waals surface area (Å²) in [7, 11) is 1.36. The van der Waals surface area contributed by atoms with Crippen molar-refractivity contribution in [2.75, 3.05) is 13.7 Å². The zero-order valence-electron chi connectivity index (χ0n) is 9.90. The molecule has 1 fully saturated rings. The maximum Gasteiger partial charge on any atom is 0.354 e. The first-order valence-electron chi connectivity index (χ1n) is 5.84. The van der Waals surface area contributed by atoms with E-state index in [4.69, 9.17) is 5.11 Å². The average Bonchev–Trinajstić information content (AvgIpc) is 2.74. The lowest BCUT2D eigenvalue weighted by atomic mass is 9.82. The molecule has 5 heteroatoms. The van der Waals surface area contributed by atoms with Gasteiger partial charge in [-0.15, -0.1) is 0 Å². The molecule has 3 N–H and O–H groups in total. The number of carbonyl (C=O) groups is 1. The van der Waals surface area contributed by atoms with E-state index in [2.05, 4.69) is 15.0 Å². The van der Waals surface area contributed by atoms with Gasteiger partial charge in [-0.1, -0.05) is 0 Å². The van der Waals surface area contributed by atoms with Gasteiger partial charge < -0.3 is 20.1 Å². The molecule has 1 heterocycles. The Morgan fingerprint density at radius 1 is 1.59 bits per heavy atom. The van der Waals surface area contributed by atoms with Crippen LogP contribution < -0.4 is 5.32 Å². The number of aromatic nitrogens is 1. The molecule has 0 radical (unpaired) electrons. The van der Waals surface area contributed by atoms with Crippen LogP contribution in [0.5, 0.6) is 0 Å². The van der Waals surface area contributed by atoms with Crippen LogP contribution in [-0.4, -0.2) is 35.8 Å². The summed E-state index contributed by atoms with van der Waals surface area (Å²) in [5, 5.41) is 12.4. The standard InChI is InChI=1S/C12H18N2O3/c1-17-12(16)11-3-2-9(14-11)7-13-6-8-4-10(15)5-8/h2-3,8,10,13-15H,4-7H2,1H3. The van der Waals surface area contributed by atoms with Crippen molar-refractivity contribution in [2.45, 2.75) is 25.5 Å². The van der Waals surface area contributed by atoms with Gasteiger partial charge in [0, 0.05) is 12.2 Å². The molecule has 1 aromatic heterocycles. The Bertz CT molecular complexity index is 383. The Morgan fingerprint density at radius 2 is 2.35 bits per heavy atom. The number of aromatic amines is 1. The van der Waals surface area contributed by atoms with Gasteiger partial charge in [-0.3, -0.25) is 0 Å². The minimum absolute atomic E-state index is 0.0989. The van der Waals surface area contributed by atoms with Crippen LogP contribution in [0.1, 0.15) is 29.0 Å². The highest BCUT2D eigenvalue weighted by molar-refractivity contribution is 5.87. The molecule has 94 valence electrons. The predicted octanol–water partition coefficient (Wildman–Crippen LogP) is 0.662. The number of nitrogens with one attached hydrogen (secondary N) is 2. The van der Waals surface area contributed by atoms with Gasteiger partial charge >= 0.3 is 5.97 Å². The number of aliphatic hydroxyl groups is 1. The summed E-state index contributed by atoms with van der Waals surface area (Å²) in [6.07, 6.45) is 1.69. The Hall–Kier alpha value is -1.33. The fourth-order valence-corrected chi connectivity index (χ4v) is 2.05. The van der Waals surface area contributed by atoms with E-state index in [1.807, 2.05) is 6.07 Å². The second-order valence-corrected chi connectivity index (χ2v) is 4.51. The highest BCUT2D eigenvalue weighted by Gasteiger charge is 2.26. The number of esters is 1. The maximum absolute atomic E-state index is 11.2. The molecule has 5 nitrogen and oxygen atoms in total. The molecule has 0 unspecified atom stereocenters. The second-order valence-electron chi connectivity index (χ2n) is 4.51. The molecule has 1 aliphatic rings. The van der Waals surface area contributed by atoms with Crippen LogP contribution in [0.4, 0.5) is 0 Å². The molecule has 0 aliphatic heterocycles. The molecule has 0 atom stereocenters. The van der Waals surface area contributed by atoms with Crippen molar-refractivity contribution in [1.82, 2.24) is 10.3 Å². The van der Waals surface area contributed by atoms with Crippen molar-refractivity contribution >= 4 is 5.97 Å². The van der Waals surface area contributed by atoms with Gasteiger partial charge in [-0.25, -0.2) is 4.79 Å². The molecular formula is C12H18N2O3. The molecule has 0 bridgehead atoms. The van der Waals surface area contributed by atoms with Crippen LogP contribution in [-0.2, 0) is 11.3 Å². The van der Waals surface area contributed by atoms with E-state index in [1.165, 1.54) is 7.11 Å². The first kappa shape index (κ1) is 12.1. The molecule has 17 heavy (non-hydrogen) atoms. The summed E-state index contributed by atoms with van der Waals surface area (Å²) in [6.45, 7) is 1.60. The smallest absolute Gasteiger partial charge is 0.354 e. The topological polar surface area (TPSA) is 74.3 Å². The molecule has 1 saturated carbocycles. The third-order valence-electron chi connectivity index (χ3n) is 3.11. The summed E-state index contributed by atoms with van der Waals surface area (Å²) in [4.78, 5) is 14.2. The number of rotatable bonds is 5. The molecule has 0 amide bonds. The number of H-pyrrole nitrogens is 1. The Balaban J connectivity index is 1.72. The van der Waals surface area contributed by atoms with Crippen molar-refractivity contribution in [2.24, 2.45) is 5.92 Å². The molecule has 1 aromatic rings. The van der Waals surface area contributed by atoms with E-state index in [-0.39, 0.29) is 12.1 Å². The van der Waals surface area contributed by atoms with E-state index in [0.717, 1.165) is 25.1 Å². The predicted molar refractivity (Wildman–Crippen MR) is 62.6 cm³/mol. The zero-order chi connectivity index (χ0) is 12.3. The lowest BCUT2D eigenvalue weighted by Crippen LogP contribution is -2.35. The highest BCUT2D eigenvalue weighted by Crippen LogP contribution is 2.26. The first-order valence-corrected chi connectivity index (χ1v) is 5.84. The quantitative estimate of drug-likeness (QED) is 0.659. The van der Waals surface area contributed by atoms with Crippen LogP contribution in [0.2, 0.25) is 0 Å².